The van der Waals surface area contributed by atoms with E-state index < -0.39 is 30.6 Å². The van der Waals surface area contributed by atoms with Crippen molar-refractivity contribution < 1.29 is 46.9 Å². The molecule has 4 aliphatic heterocycles. The van der Waals surface area contributed by atoms with E-state index in [1.165, 1.54) is 20.3 Å². The molecule has 0 spiro atoms. The SMILES string of the molecule is COC(=O)NC(C(=O)N1CCCC1c1nc2ccc(C3CCC(c4ccc5nc(C6CCCN6C(=O)C(NC(=O)OC)C(C)C)[nH]c5c4)N3c3ccc4c(c3)OC(F)(F)O4)cc2[nH]1)C(C)C. The van der Waals surface area contributed by atoms with Crippen LogP contribution in [0.25, 0.3) is 22.1 Å². The normalized spacial score (nSPS) is 22.1. The van der Waals surface area contributed by atoms with Crippen molar-refractivity contribution in [2.24, 2.45) is 11.8 Å². The molecule has 0 saturated carbocycles. The fourth-order valence-corrected chi connectivity index (χ4v) is 10.1. The van der Waals surface area contributed by atoms with Crippen molar-refractivity contribution in [2.75, 3.05) is 32.2 Å². The number of alkyl carbamates (subject to hydrolysis) is 2. The number of benzene rings is 3. The van der Waals surface area contributed by atoms with Gasteiger partial charge in [-0.2, -0.15) is 0 Å². The smallest absolute Gasteiger partial charge is 0.453 e. The number of aromatic nitrogens is 4. The number of likely N-dealkylation sites (tertiary alicyclic amines) is 2. The Kier molecular flexibility index (Phi) is 11.9. The fourth-order valence-electron chi connectivity index (χ4n) is 10.1. The highest BCUT2D eigenvalue weighted by Gasteiger charge is 2.45. The first-order valence-electron chi connectivity index (χ1n) is 22.6. The minimum Gasteiger partial charge on any atom is -0.453 e. The molecule has 4 N–H and O–H groups in total. The Labute approximate surface area is 379 Å². The second-order valence-electron chi connectivity index (χ2n) is 18.2. The molecular formula is C47H55F2N9O8. The van der Waals surface area contributed by atoms with Crippen LogP contribution in [0.4, 0.5) is 24.1 Å². The van der Waals surface area contributed by atoms with E-state index in [1.807, 2.05) is 52.0 Å². The summed E-state index contributed by atoms with van der Waals surface area (Å²) >= 11 is 0. The Morgan fingerprint density at radius 1 is 0.667 bits per heavy atom. The molecule has 17 nitrogen and oxygen atoms in total. The molecule has 6 unspecified atom stereocenters. The number of hydrogen-bond acceptors (Lipinski definition) is 11. The van der Waals surface area contributed by atoms with Crippen molar-refractivity contribution in [3.63, 3.8) is 0 Å². The number of anilines is 1. The summed E-state index contributed by atoms with van der Waals surface area (Å²) in [5.74, 6) is 0.472. The predicted molar refractivity (Wildman–Crippen MR) is 238 cm³/mol. The average Bonchev–Trinajstić information content (AvgIpc) is 4.15. The molecule has 4 amide bonds. The van der Waals surface area contributed by atoms with Crippen LogP contribution in [-0.2, 0) is 19.1 Å². The second kappa shape index (κ2) is 17.6. The number of halogens is 2. The molecule has 3 aromatic carbocycles. The van der Waals surface area contributed by atoms with Crippen LogP contribution in [0.2, 0.25) is 0 Å². The van der Waals surface area contributed by atoms with Crippen LogP contribution in [0.5, 0.6) is 11.5 Å². The molecule has 0 radical (unpaired) electrons. The van der Waals surface area contributed by atoms with Gasteiger partial charge >= 0.3 is 18.5 Å². The first kappa shape index (κ1) is 44.5. The highest BCUT2D eigenvalue weighted by atomic mass is 19.3. The maximum absolute atomic E-state index is 14.3. The predicted octanol–water partition coefficient (Wildman–Crippen LogP) is 7.93. The standard InChI is InChI=1S/C47H55F2N9O8/c1-24(2)39(54-45(61)63-5)43(59)56-19-7-9-35(56)41-50-29-14-11-26(21-31(29)52-41)33-16-17-34(58(33)28-13-18-37-38(23-28)66-47(48,49)65-37)27-12-15-30-32(22-27)53-42(51-30)36-10-8-20-57(36)44(60)40(25(3)4)55-46(62)64-6/h11-15,18,21-25,33-36,39-40H,7-10,16-17,19-20H2,1-6H3,(H,50,52)(H,51,53)(H,54,61)(H,55,62). The van der Waals surface area contributed by atoms with Crippen LogP contribution in [0.15, 0.2) is 54.6 Å². The Hall–Kier alpha value is -6.66. The number of methoxy groups -OCH3 is 2. The summed E-state index contributed by atoms with van der Waals surface area (Å²) in [7, 11) is 2.54. The number of rotatable bonds is 11. The summed E-state index contributed by atoms with van der Waals surface area (Å²) in [6.07, 6.45) is -0.706. The van der Waals surface area contributed by atoms with E-state index >= 15 is 0 Å². The van der Waals surface area contributed by atoms with E-state index in [1.54, 1.807) is 21.9 Å². The maximum atomic E-state index is 14.3. The van der Waals surface area contributed by atoms with E-state index in [4.69, 9.17) is 28.9 Å². The topological polar surface area (TPSA) is 196 Å². The quantitative estimate of drug-likeness (QED) is 0.100. The van der Waals surface area contributed by atoms with Crippen LogP contribution >= 0.6 is 0 Å². The molecule has 0 bridgehead atoms. The lowest BCUT2D eigenvalue weighted by Gasteiger charge is -2.33. The van der Waals surface area contributed by atoms with Crippen LogP contribution in [-0.4, -0.2) is 99.4 Å². The summed E-state index contributed by atoms with van der Waals surface area (Å²) in [5, 5.41) is 5.40. The average molecular weight is 912 g/mol. The number of ether oxygens (including phenoxy) is 4. The molecule has 6 heterocycles. The van der Waals surface area contributed by atoms with Gasteiger partial charge in [-0.1, -0.05) is 39.8 Å². The number of amides is 4. The molecule has 19 heteroatoms. The molecule has 5 aromatic rings. The van der Waals surface area contributed by atoms with Gasteiger partial charge in [0.2, 0.25) is 11.8 Å². The van der Waals surface area contributed by atoms with Gasteiger partial charge in [0.25, 0.3) is 0 Å². The second-order valence-corrected chi connectivity index (χ2v) is 18.2. The van der Waals surface area contributed by atoms with Gasteiger partial charge in [-0.3, -0.25) is 9.59 Å². The highest BCUT2D eigenvalue weighted by molar-refractivity contribution is 5.87. The third-order valence-corrected chi connectivity index (χ3v) is 13.4. The van der Waals surface area contributed by atoms with Gasteiger partial charge in [0.05, 0.1) is 60.5 Å². The lowest BCUT2D eigenvalue weighted by Crippen LogP contribution is -2.51. The number of imidazole rings is 2. The largest absolute Gasteiger partial charge is 0.586 e. The molecule has 3 saturated heterocycles. The third kappa shape index (κ3) is 8.38. The summed E-state index contributed by atoms with van der Waals surface area (Å²) in [6, 6.07) is 14.4. The monoisotopic (exact) mass is 911 g/mol. The summed E-state index contributed by atoms with van der Waals surface area (Å²) in [6.45, 7) is 8.55. The van der Waals surface area contributed by atoms with Crippen molar-refractivity contribution in [2.45, 2.75) is 109 Å². The van der Waals surface area contributed by atoms with Crippen molar-refractivity contribution in [3.8, 4) is 11.5 Å². The number of nitrogens with one attached hydrogen (secondary N) is 4. The number of carbonyl (C=O) groups excluding carboxylic acids is 4. The molecular weight excluding hydrogens is 857 g/mol. The van der Waals surface area contributed by atoms with Crippen LogP contribution < -0.4 is 25.0 Å². The van der Waals surface area contributed by atoms with Gasteiger partial charge in [-0.25, -0.2) is 19.6 Å². The van der Waals surface area contributed by atoms with Gasteiger partial charge in [-0.15, -0.1) is 8.78 Å². The van der Waals surface area contributed by atoms with Crippen molar-refractivity contribution in [1.82, 2.24) is 40.4 Å². The minimum absolute atomic E-state index is 0.0469. The number of fused-ring (bicyclic) bond motifs is 3. The van der Waals surface area contributed by atoms with Crippen molar-refractivity contribution in [3.05, 3.63) is 77.4 Å². The zero-order valence-electron chi connectivity index (χ0n) is 37.7. The number of carbonyl (C=O) groups is 4. The molecule has 4 aliphatic rings. The Morgan fingerprint density at radius 2 is 1.14 bits per heavy atom. The van der Waals surface area contributed by atoms with Gasteiger partial charge < -0.3 is 54.2 Å². The van der Waals surface area contributed by atoms with Crippen LogP contribution in [0.1, 0.15) is 113 Å². The van der Waals surface area contributed by atoms with E-state index in [9.17, 15) is 28.0 Å². The molecule has 350 valence electrons. The lowest BCUT2D eigenvalue weighted by molar-refractivity contribution is -0.286. The first-order chi connectivity index (χ1) is 31.6. The van der Waals surface area contributed by atoms with E-state index in [-0.39, 0.29) is 59.3 Å². The lowest BCUT2D eigenvalue weighted by atomic mass is 10.0. The van der Waals surface area contributed by atoms with E-state index in [2.05, 4.69) is 37.6 Å². The van der Waals surface area contributed by atoms with E-state index in [0.29, 0.717) is 43.3 Å². The van der Waals surface area contributed by atoms with Gasteiger partial charge in [0.15, 0.2) is 11.5 Å². The van der Waals surface area contributed by atoms with Crippen molar-refractivity contribution >= 4 is 51.8 Å². The van der Waals surface area contributed by atoms with Gasteiger partial charge in [0, 0.05) is 24.8 Å². The molecule has 9 rings (SSSR count). The maximum Gasteiger partial charge on any atom is 0.586 e. The molecule has 2 aromatic heterocycles. The zero-order valence-corrected chi connectivity index (χ0v) is 37.7. The molecule has 3 fully saturated rings. The summed E-state index contributed by atoms with van der Waals surface area (Å²) < 4.78 is 47.9. The Morgan fingerprint density at radius 3 is 1.59 bits per heavy atom. The Bertz CT molecular complexity index is 2520. The number of hydrogen-bond donors (Lipinski definition) is 4. The summed E-state index contributed by atoms with van der Waals surface area (Å²) in [4.78, 5) is 74.7. The number of aromatic amines is 2. The third-order valence-electron chi connectivity index (χ3n) is 13.4. The zero-order chi connectivity index (χ0) is 46.6. The van der Waals surface area contributed by atoms with Gasteiger partial charge in [-0.05, 0) is 97.9 Å². The molecule has 66 heavy (non-hydrogen) atoms. The minimum atomic E-state index is -3.78. The fraction of sp³-hybridized carbons (Fsp3) is 0.489. The van der Waals surface area contributed by atoms with Crippen molar-refractivity contribution in [1.29, 1.82) is 0 Å². The van der Waals surface area contributed by atoms with Crippen LogP contribution in [0, 0.1) is 11.8 Å². The highest BCUT2D eigenvalue weighted by Crippen LogP contribution is 2.51. The van der Waals surface area contributed by atoms with E-state index in [0.717, 1.165) is 58.9 Å². The number of alkyl halides is 2. The number of nitrogens with zero attached hydrogens (tertiary/aromatic N) is 5. The number of H-pyrrole nitrogens is 2. The molecule has 0 aliphatic carbocycles. The first-order valence-corrected chi connectivity index (χ1v) is 22.6. The molecule has 6 atom stereocenters. The Balaban J connectivity index is 1.02. The van der Waals surface area contributed by atoms with Gasteiger partial charge in [0.1, 0.15) is 23.7 Å². The van der Waals surface area contributed by atoms with Crippen LogP contribution in [0.3, 0.4) is 0 Å². The summed E-state index contributed by atoms with van der Waals surface area (Å²) in [5.41, 5.74) is 5.65.